The zero-order valence-corrected chi connectivity index (χ0v) is 16.0. The maximum atomic E-state index is 13.8. The van der Waals surface area contributed by atoms with Gasteiger partial charge in [0.05, 0.1) is 12.2 Å². The van der Waals surface area contributed by atoms with E-state index in [0.717, 1.165) is 6.07 Å². The number of alkyl halides is 3. The Morgan fingerprint density at radius 2 is 1.76 bits per heavy atom. The van der Waals surface area contributed by atoms with Crippen molar-refractivity contribution >= 4 is 11.6 Å². The van der Waals surface area contributed by atoms with Gasteiger partial charge in [0.25, 0.3) is 0 Å². The molecule has 0 aliphatic carbocycles. The van der Waals surface area contributed by atoms with Crippen LogP contribution in [-0.2, 0) is 22.9 Å². The molecule has 3 rings (SSSR count). The summed E-state index contributed by atoms with van der Waals surface area (Å²) in [5, 5.41) is 17.8. The highest BCUT2D eigenvalue weighted by atomic mass is 35.5. The number of aromatic amines is 1. The molecule has 0 fully saturated rings. The van der Waals surface area contributed by atoms with Gasteiger partial charge in [-0.15, -0.1) is 0 Å². The largest absolute Gasteiger partial charge is 0.457 e. The maximum Gasteiger partial charge on any atom is 0.416 e. The summed E-state index contributed by atoms with van der Waals surface area (Å²) >= 11 is 5.80. The van der Waals surface area contributed by atoms with Gasteiger partial charge in [0, 0.05) is 18.6 Å². The predicted octanol–water partition coefficient (Wildman–Crippen LogP) is 4.35. The van der Waals surface area contributed by atoms with Crippen LogP contribution < -0.4 is 4.74 Å². The molecule has 154 valence electrons. The summed E-state index contributed by atoms with van der Waals surface area (Å²) in [5.74, 6) is 0.434. The van der Waals surface area contributed by atoms with Crippen LogP contribution in [0.4, 0.5) is 13.2 Å². The van der Waals surface area contributed by atoms with Crippen LogP contribution in [0.15, 0.2) is 48.8 Å². The van der Waals surface area contributed by atoms with E-state index in [1.165, 1.54) is 37.7 Å². The highest BCUT2D eigenvalue weighted by Gasteiger charge is 2.42. The number of ether oxygens (including phenoxy) is 2. The molecule has 0 bridgehead atoms. The molecule has 0 aliphatic heterocycles. The van der Waals surface area contributed by atoms with Crippen molar-refractivity contribution in [1.29, 1.82) is 0 Å². The minimum absolute atomic E-state index is 0.0407. The lowest BCUT2D eigenvalue weighted by atomic mass is 9.86. The van der Waals surface area contributed by atoms with Gasteiger partial charge >= 0.3 is 6.18 Å². The summed E-state index contributed by atoms with van der Waals surface area (Å²) in [6.07, 6.45) is -3.74. The summed E-state index contributed by atoms with van der Waals surface area (Å²) in [6.45, 7) is -0.387. The molecule has 0 radical (unpaired) electrons. The predicted molar refractivity (Wildman–Crippen MR) is 98.8 cm³/mol. The summed E-state index contributed by atoms with van der Waals surface area (Å²) < 4.78 is 51.9. The minimum atomic E-state index is -4.74. The third-order valence-electron chi connectivity index (χ3n) is 4.15. The Hall–Kier alpha value is -2.62. The van der Waals surface area contributed by atoms with E-state index >= 15 is 0 Å². The fraction of sp³-hybridized carbons (Fsp3) is 0.263. The Bertz CT molecular complexity index is 950. The molecule has 6 nitrogen and oxygen atoms in total. The standard InChI is InChI=1S/C19H17ClF3N3O3/c1-28-10-18(27,9-17-24-11-25-26-17)15-7-6-14(8-16(15)19(21,22)23)29-13-4-2-12(20)3-5-13/h2-8,11,27H,9-10H2,1H3,(H,24,25,26). The van der Waals surface area contributed by atoms with E-state index in [2.05, 4.69) is 15.2 Å². The number of benzene rings is 2. The summed E-state index contributed by atoms with van der Waals surface area (Å²) in [6, 6.07) is 9.54. The summed E-state index contributed by atoms with van der Waals surface area (Å²) in [5.41, 5.74) is -3.40. The van der Waals surface area contributed by atoms with E-state index in [0.29, 0.717) is 10.8 Å². The first-order valence-electron chi connectivity index (χ1n) is 8.42. The molecular weight excluding hydrogens is 411 g/mol. The van der Waals surface area contributed by atoms with E-state index in [-0.39, 0.29) is 30.2 Å². The Morgan fingerprint density at radius 3 is 2.34 bits per heavy atom. The van der Waals surface area contributed by atoms with Gasteiger partial charge in [-0.1, -0.05) is 17.7 Å². The molecular formula is C19H17ClF3N3O3. The molecule has 0 saturated heterocycles. The molecule has 0 amide bonds. The lowest BCUT2D eigenvalue weighted by Gasteiger charge is -2.30. The van der Waals surface area contributed by atoms with Gasteiger partial charge in [-0.25, -0.2) is 4.98 Å². The van der Waals surface area contributed by atoms with E-state index in [4.69, 9.17) is 21.1 Å². The highest BCUT2D eigenvalue weighted by molar-refractivity contribution is 6.30. The number of aromatic nitrogens is 3. The Balaban J connectivity index is 2.01. The van der Waals surface area contributed by atoms with Crippen LogP contribution in [0.2, 0.25) is 5.02 Å². The zero-order valence-electron chi connectivity index (χ0n) is 15.2. The molecule has 2 N–H and O–H groups in total. The minimum Gasteiger partial charge on any atom is -0.457 e. The van der Waals surface area contributed by atoms with E-state index in [9.17, 15) is 18.3 Å². The topological polar surface area (TPSA) is 80.3 Å². The summed E-state index contributed by atoms with van der Waals surface area (Å²) in [4.78, 5) is 3.88. The fourth-order valence-corrected chi connectivity index (χ4v) is 3.04. The van der Waals surface area contributed by atoms with Gasteiger partial charge in [-0.05, 0) is 42.0 Å². The third kappa shape index (κ3) is 5.06. The van der Waals surface area contributed by atoms with Crippen molar-refractivity contribution in [1.82, 2.24) is 15.2 Å². The van der Waals surface area contributed by atoms with Crippen LogP contribution in [0, 0.1) is 0 Å². The Labute approximate surface area is 169 Å². The SMILES string of the molecule is COCC(O)(Cc1nc[nH]n1)c1ccc(Oc2ccc(Cl)cc2)cc1C(F)(F)F. The van der Waals surface area contributed by atoms with Crippen LogP contribution >= 0.6 is 11.6 Å². The number of methoxy groups -OCH3 is 1. The number of hydrogen-bond donors (Lipinski definition) is 2. The van der Waals surface area contributed by atoms with Crippen molar-refractivity contribution in [3.05, 3.63) is 70.8 Å². The monoisotopic (exact) mass is 427 g/mol. The van der Waals surface area contributed by atoms with E-state index in [1.807, 2.05) is 0 Å². The van der Waals surface area contributed by atoms with Crippen molar-refractivity contribution < 1.29 is 27.8 Å². The molecule has 0 saturated carbocycles. The molecule has 1 heterocycles. The molecule has 29 heavy (non-hydrogen) atoms. The number of nitrogens with zero attached hydrogens (tertiary/aromatic N) is 2. The van der Waals surface area contributed by atoms with Crippen molar-refractivity contribution in [2.24, 2.45) is 0 Å². The molecule has 1 unspecified atom stereocenters. The second-order valence-electron chi connectivity index (χ2n) is 6.32. The number of H-pyrrole nitrogens is 1. The van der Waals surface area contributed by atoms with Gasteiger partial charge in [0.1, 0.15) is 23.4 Å². The Kier molecular flexibility index (Phi) is 6.11. The molecule has 1 aromatic heterocycles. The molecule has 10 heteroatoms. The first kappa shape index (κ1) is 21.1. The Morgan fingerprint density at radius 1 is 1.07 bits per heavy atom. The van der Waals surface area contributed by atoms with Crippen LogP contribution in [0.3, 0.4) is 0 Å². The van der Waals surface area contributed by atoms with Gasteiger partial charge in [-0.2, -0.15) is 18.3 Å². The average molecular weight is 428 g/mol. The smallest absolute Gasteiger partial charge is 0.416 e. The normalized spacial score (nSPS) is 13.9. The second-order valence-corrected chi connectivity index (χ2v) is 6.75. The number of nitrogens with one attached hydrogen (secondary N) is 1. The number of aliphatic hydroxyl groups is 1. The number of halogens is 4. The first-order valence-corrected chi connectivity index (χ1v) is 8.80. The van der Waals surface area contributed by atoms with Crippen LogP contribution in [0.25, 0.3) is 0 Å². The lowest BCUT2D eigenvalue weighted by Crippen LogP contribution is -2.36. The van der Waals surface area contributed by atoms with Crippen molar-refractivity contribution in [3.63, 3.8) is 0 Å². The average Bonchev–Trinajstić information content (AvgIpc) is 3.16. The highest BCUT2D eigenvalue weighted by Crippen LogP contribution is 2.40. The maximum absolute atomic E-state index is 13.8. The number of hydrogen-bond acceptors (Lipinski definition) is 5. The molecule has 1 atom stereocenters. The van der Waals surface area contributed by atoms with Crippen molar-refractivity contribution in [2.75, 3.05) is 13.7 Å². The van der Waals surface area contributed by atoms with Crippen LogP contribution in [-0.4, -0.2) is 34.0 Å². The second kappa shape index (κ2) is 8.40. The molecule has 0 aliphatic rings. The first-order chi connectivity index (χ1) is 13.7. The molecule has 2 aromatic carbocycles. The molecule has 0 spiro atoms. The van der Waals surface area contributed by atoms with Crippen LogP contribution in [0.5, 0.6) is 11.5 Å². The van der Waals surface area contributed by atoms with Gasteiger partial charge < -0.3 is 14.6 Å². The van der Waals surface area contributed by atoms with Crippen molar-refractivity contribution in [3.8, 4) is 11.5 Å². The summed E-state index contributed by atoms with van der Waals surface area (Å²) in [7, 11) is 1.29. The third-order valence-corrected chi connectivity index (χ3v) is 4.40. The fourth-order valence-electron chi connectivity index (χ4n) is 2.91. The lowest BCUT2D eigenvalue weighted by molar-refractivity contribution is -0.142. The van der Waals surface area contributed by atoms with E-state index in [1.54, 1.807) is 12.1 Å². The molecule has 3 aromatic rings. The van der Waals surface area contributed by atoms with Crippen molar-refractivity contribution in [2.45, 2.75) is 18.2 Å². The number of rotatable bonds is 7. The quantitative estimate of drug-likeness (QED) is 0.586. The van der Waals surface area contributed by atoms with Crippen LogP contribution in [0.1, 0.15) is 17.0 Å². The van der Waals surface area contributed by atoms with Gasteiger partial charge in [0.2, 0.25) is 0 Å². The van der Waals surface area contributed by atoms with E-state index < -0.39 is 17.3 Å². The van der Waals surface area contributed by atoms with Gasteiger partial charge in [0.15, 0.2) is 5.82 Å². The zero-order chi connectivity index (χ0) is 21.1. The van der Waals surface area contributed by atoms with Gasteiger partial charge in [-0.3, -0.25) is 5.10 Å².